The van der Waals surface area contributed by atoms with Gasteiger partial charge in [-0.3, -0.25) is 9.59 Å². The highest BCUT2D eigenvalue weighted by molar-refractivity contribution is 5.67. The van der Waals surface area contributed by atoms with Crippen molar-refractivity contribution in [1.29, 1.82) is 0 Å². The predicted molar refractivity (Wildman–Crippen MR) is 194 cm³/mol. The molecular weight excluding hydrogens is 714 g/mol. The first kappa shape index (κ1) is 40.5. The summed E-state index contributed by atoms with van der Waals surface area (Å²) in [7, 11) is 0. The number of benzene rings is 3. The molecule has 10 atom stereocenters. The Kier molecular flexibility index (Phi) is 15.2. The lowest BCUT2D eigenvalue weighted by atomic mass is 9.84. The van der Waals surface area contributed by atoms with Gasteiger partial charge in [-0.15, -0.1) is 0 Å². The normalized spacial score (nSPS) is 27.3. The third kappa shape index (κ3) is 11.4. The number of ether oxygens (including phenoxy) is 7. The molecule has 5 rings (SSSR count). The Morgan fingerprint density at radius 2 is 1.07 bits per heavy atom. The van der Waals surface area contributed by atoms with E-state index >= 15 is 0 Å². The van der Waals surface area contributed by atoms with Gasteiger partial charge in [0.05, 0.1) is 44.6 Å². The summed E-state index contributed by atoms with van der Waals surface area (Å²) in [6.07, 6.45) is -9.52. The van der Waals surface area contributed by atoms with Crippen molar-refractivity contribution in [2.24, 2.45) is 15.3 Å². The molecule has 1 heterocycles. The molecule has 2 aliphatic rings. The Hall–Kier alpha value is -5.67. The van der Waals surface area contributed by atoms with Gasteiger partial charge in [0.2, 0.25) is 0 Å². The summed E-state index contributed by atoms with van der Waals surface area (Å²) in [6.45, 7) is 2.41. The van der Waals surface area contributed by atoms with E-state index in [1.807, 2.05) is 91.0 Å². The number of nitrogens with zero attached hydrogens (tertiary/aromatic N) is 9. The van der Waals surface area contributed by atoms with Crippen molar-refractivity contribution in [3.8, 4) is 0 Å². The molecule has 0 radical (unpaired) electrons. The predicted octanol–water partition coefficient (Wildman–Crippen LogP) is 6.79. The zero-order chi connectivity index (χ0) is 39.0. The number of rotatable bonds is 17. The van der Waals surface area contributed by atoms with Crippen molar-refractivity contribution in [3.63, 3.8) is 0 Å². The molecule has 0 aromatic heterocycles. The van der Waals surface area contributed by atoms with Gasteiger partial charge in [-0.2, -0.15) is 0 Å². The fraction of sp³-hybridized carbons (Fsp3) is 0.459. The molecule has 0 N–H and O–H groups in total. The topological polar surface area (TPSA) is 245 Å². The maximum absolute atomic E-state index is 12.5. The third-order valence-electron chi connectivity index (χ3n) is 8.96. The highest BCUT2D eigenvalue weighted by atomic mass is 16.7. The van der Waals surface area contributed by atoms with E-state index in [2.05, 4.69) is 30.1 Å². The van der Waals surface area contributed by atoms with Crippen LogP contribution in [0.3, 0.4) is 0 Å². The van der Waals surface area contributed by atoms with Crippen molar-refractivity contribution in [1.82, 2.24) is 0 Å². The van der Waals surface area contributed by atoms with Gasteiger partial charge in [-0.1, -0.05) is 106 Å². The van der Waals surface area contributed by atoms with Crippen LogP contribution in [0.4, 0.5) is 0 Å². The molecule has 0 bridgehead atoms. The van der Waals surface area contributed by atoms with Gasteiger partial charge in [0.1, 0.15) is 30.5 Å². The SMILES string of the molecule is CC(=O)O[C@@H]1[C@@H](OC(C)=O)[C@H](N=[N+]=[N-])C[C@H](N=[N+]=[N-])[C@H]1O[C@@H]1O[C@@H](CN=[N+]=[N-])[C@H](OCc2ccccc2)[C@@H](OCc2ccccc2)[C@@H]1OCc1ccccc1. The van der Waals surface area contributed by atoms with Crippen molar-refractivity contribution < 1.29 is 42.7 Å². The average molecular weight is 756 g/mol. The molecular formula is C37H41N9O9. The molecule has 0 amide bonds. The molecule has 1 saturated heterocycles. The lowest BCUT2D eigenvalue weighted by molar-refractivity contribution is -0.339. The molecule has 288 valence electrons. The van der Waals surface area contributed by atoms with E-state index in [-0.39, 0.29) is 32.8 Å². The number of hydrogen-bond donors (Lipinski definition) is 0. The van der Waals surface area contributed by atoms with Crippen LogP contribution in [-0.4, -0.2) is 79.6 Å². The molecule has 18 nitrogen and oxygen atoms in total. The molecule has 18 heteroatoms. The Bertz CT molecular complexity index is 1840. The van der Waals surface area contributed by atoms with Crippen molar-refractivity contribution >= 4 is 11.9 Å². The molecule has 0 spiro atoms. The van der Waals surface area contributed by atoms with Crippen LogP contribution in [0.2, 0.25) is 0 Å². The minimum absolute atomic E-state index is 0.0686. The number of carbonyl (C=O) groups is 2. The van der Waals surface area contributed by atoms with Crippen LogP contribution in [0.1, 0.15) is 37.0 Å². The Balaban J connectivity index is 1.59. The first-order valence-corrected chi connectivity index (χ1v) is 17.5. The number of hydrogen-bond acceptors (Lipinski definition) is 12. The summed E-state index contributed by atoms with van der Waals surface area (Å²) >= 11 is 0. The summed E-state index contributed by atoms with van der Waals surface area (Å²) < 4.78 is 44.2. The van der Waals surface area contributed by atoms with Crippen LogP contribution < -0.4 is 0 Å². The van der Waals surface area contributed by atoms with Crippen molar-refractivity contribution in [3.05, 3.63) is 139 Å². The van der Waals surface area contributed by atoms with E-state index in [0.717, 1.165) is 30.5 Å². The van der Waals surface area contributed by atoms with Gasteiger partial charge in [-0.05, 0) is 39.7 Å². The van der Waals surface area contributed by atoms with Gasteiger partial charge >= 0.3 is 11.9 Å². The molecule has 3 aromatic rings. The minimum atomic E-state index is -1.44. The second kappa shape index (κ2) is 20.7. The standard InChI is InChI=1S/C37H41N9O9/c1-23(47)52-31-28(42-45-39)18-29(43-46-40)32(35(31)53-24(2)48)55-37-36(51-22-27-16-10-5-11-17-27)34(50-21-26-14-8-4-9-15-26)33(30(54-37)19-41-44-38)49-20-25-12-6-3-7-13-25/h3-17,28-37H,18-22H2,1-2H3/t28-,29+,30+,31+,32-,33+,34-,35-,36+,37+/m1/s1. The summed E-state index contributed by atoms with van der Waals surface area (Å²) in [5.41, 5.74) is 30.9. The Morgan fingerprint density at radius 1 is 0.618 bits per heavy atom. The van der Waals surface area contributed by atoms with Crippen molar-refractivity contribution in [2.45, 2.75) is 101 Å². The summed E-state index contributed by atoms with van der Waals surface area (Å²) in [6, 6.07) is 26.0. The maximum atomic E-state index is 12.5. The fourth-order valence-corrected chi connectivity index (χ4v) is 6.60. The molecule has 3 aromatic carbocycles. The quantitative estimate of drug-likeness (QED) is 0.0608. The number of esters is 2. The minimum Gasteiger partial charge on any atom is -0.458 e. The van der Waals surface area contributed by atoms with Gasteiger partial charge in [0.15, 0.2) is 12.4 Å². The van der Waals surface area contributed by atoms with Crippen LogP contribution in [0.15, 0.2) is 106 Å². The highest BCUT2D eigenvalue weighted by Crippen LogP contribution is 2.37. The smallest absolute Gasteiger partial charge is 0.303 e. The molecule has 0 unspecified atom stereocenters. The molecule has 1 aliphatic carbocycles. The van der Waals surface area contributed by atoms with Gasteiger partial charge < -0.3 is 33.2 Å². The Labute approximate surface area is 316 Å². The van der Waals surface area contributed by atoms with Crippen LogP contribution >= 0.6 is 0 Å². The van der Waals surface area contributed by atoms with Gasteiger partial charge in [0, 0.05) is 28.6 Å². The molecule has 55 heavy (non-hydrogen) atoms. The zero-order valence-electron chi connectivity index (χ0n) is 30.2. The van der Waals surface area contributed by atoms with Gasteiger partial charge in [-0.25, -0.2) is 0 Å². The van der Waals surface area contributed by atoms with E-state index in [0.29, 0.717) is 0 Å². The average Bonchev–Trinajstić information content (AvgIpc) is 3.18. The molecule has 2 fully saturated rings. The summed E-state index contributed by atoms with van der Waals surface area (Å²) in [4.78, 5) is 33.7. The fourth-order valence-electron chi connectivity index (χ4n) is 6.60. The van der Waals surface area contributed by atoms with Crippen LogP contribution in [-0.2, 0) is 62.6 Å². The van der Waals surface area contributed by atoms with Crippen LogP contribution in [0, 0.1) is 0 Å². The Morgan fingerprint density at radius 3 is 1.55 bits per heavy atom. The first-order valence-electron chi connectivity index (χ1n) is 17.5. The number of azide groups is 3. The molecule has 1 saturated carbocycles. The maximum Gasteiger partial charge on any atom is 0.303 e. The van der Waals surface area contributed by atoms with Crippen molar-refractivity contribution in [2.75, 3.05) is 6.54 Å². The van der Waals surface area contributed by atoms with E-state index < -0.39 is 73.0 Å². The second-order valence-electron chi connectivity index (χ2n) is 12.8. The van der Waals surface area contributed by atoms with Crippen LogP contribution in [0.5, 0.6) is 0 Å². The molecule has 1 aliphatic heterocycles. The third-order valence-corrected chi connectivity index (χ3v) is 8.96. The lowest BCUT2D eigenvalue weighted by Gasteiger charge is -2.49. The highest BCUT2D eigenvalue weighted by Gasteiger charge is 2.54. The van der Waals surface area contributed by atoms with E-state index in [9.17, 15) is 26.2 Å². The van der Waals surface area contributed by atoms with E-state index in [4.69, 9.17) is 33.2 Å². The van der Waals surface area contributed by atoms with Gasteiger partial charge in [0.25, 0.3) is 0 Å². The number of carbonyl (C=O) groups excluding carboxylic acids is 2. The van der Waals surface area contributed by atoms with Crippen LogP contribution in [0.25, 0.3) is 31.3 Å². The second-order valence-corrected chi connectivity index (χ2v) is 12.8. The zero-order valence-corrected chi connectivity index (χ0v) is 30.2. The van der Waals surface area contributed by atoms with E-state index in [1.165, 1.54) is 0 Å². The summed E-state index contributed by atoms with van der Waals surface area (Å²) in [5, 5.41) is 11.5. The van der Waals surface area contributed by atoms with E-state index in [1.54, 1.807) is 0 Å². The summed E-state index contributed by atoms with van der Waals surface area (Å²) in [5.74, 6) is -1.53. The first-order chi connectivity index (χ1) is 26.8. The lowest BCUT2D eigenvalue weighted by Crippen LogP contribution is -2.65. The monoisotopic (exact) mass is 755 g/mol. The largest absolute Gasteiger partial charge is 0.458 e.